The van der Waals surface area contributed by atoms with E-state index in [2.05, 4.69) is 26.7 Å². The van der Waals surface area contributed by atoms with Gasteiger partial charge in [-0.1, -0.05) is 11.8 Å². The highest BCUT2D eigenvalue weighted by molar-refractivity contribution is 8.06. The third-order valence-electron chi connectivity index (χ3n) is 2.95. The Hall–Kier alpha value is -2.72. The Kier molecular flexibility index (Phi) is 4.12. The molecule has 0 atom stereocenters. The van der Waals surface area contributed by atoms with Crippen LogP contribution in [-0.4, -0.2) is 9.97 Å². The molecule has 0 unspecified atom stereocenters. The minimum absolute atomic E-state index is 0.501. The van der Waals surface area contributed by atoms with Gasteiger partial charge in [-0.05, 0) is 24.5 Å². The molecule has 1 aliphatic rings. The maximum Gasteiger partial charge on any atom is 0.130 e. The van der Waals surface area contributed by atoms with Crippen LogP contribution in [0.4, 0.5) is 5.82 Å². The summed E-state index contributed by atoms with van der Waals surface area (Å²) in [4.78, 5) is 8.35. The summed E-state index contributed by atoms with van der Waals surface area (Å²) in [6.07, 6.45) is 3.07. The standard InChI is InChI=1S/C15H13N5OS/c1-10-8-22-15(20-10)12(6-16)13-5-14(19-9-18-13)17-7-11-3-2-4-21-11/h2-5,8-9,20H,7H2,1H3,(H,17,18,19). The zero-order chi connectivity index (χ0) is 15.4. The molecule has 0 saturated carbocycles. The first-order valence-electron chi connectivity index (χ1n) is 6.60. The van der Waals surface area contributed by atoms with Gasteiger partial charge in [0.25, 0.3) is 0 Å². The molecule has 110 valence electrons. The maximum absolute atomic E-state index is 9.42. The predicted molar refractivity (Wildman–Crippen MR) is 85.1 cm³/mol. The van der Waals surface area contributed by atoms with Crippen LogP contribution in [0.5, 0.6) is 0 Å². The summed E-state index contributed by atoms with van der Waals surface area (Å²) >= 11 is 1.48. The molecule has 3 rings (SSSR count). The van der Waals surface area contributed by atoms with Crippen LogP contribution in [0.15, 0.2) is 51.3 Å². The Morgan fingerprint density at radius 2 is 2.41 bits per heavy atom. The van der Waals surface area contributed by atoms with Crippen LogP contribution in [0, 0.1) is 11.3 Å². The van der Waals surface area contributed by atoms with E-state index in [9.17, 15) is 5.26 Å². The summed E-state index contributed by atoms with van der Waals surface area (Å²) in [6.45, 7) is 2.47. The summed E-state index contributed by atoms with van der Waals surface area (Å²) in [7, 11) is 0. The van der Waals surface area contributed by atoms with Gasteiger partial charge in [0, 0.05) is 11.8 Å². The number of allylic oxidation sites excluding steroid dienone is 2. The van der Waals surface area contributed by atoms with E-state index >= 15 is 0 Å². The van der Waals surface area contributed by atoms with Crippen molar-refractivity contribution in [2.75, 3.05) is 5.32 Å². The van der Waals surface area contributed by atoms with Gasteiger partial charge in [0.15, 0.2) is 0 Å². The molecule has 0 aromatic carbocycles. The van der Waals surface area contributed by atoms with Crippen molar-refractivity contribution < 1.29 is 4.42 Å². The van der Waals surface area contributed by atoms with E-state index in [4.69, 9.17) is 4.42 Å². The van der Waals surface area contributed by atoms with Gasteiger partial charge in [-0.3, -0.25) is 0 Å². The average molecular weight is 311 g/mol. The summed E-state index contributed by atoms with van der Waals surface area (Å²) in [5.41, 5.74) is 2.09. The lowest BCUT2D eigenvalue weighted by Crippen LogP contribution is -2.06. The molecule has 6 nitrogen and oxygen atoms in total. The molecule has 0 bridgehead atoms. The topological polar surface area (TPSA) is 86.8 Å². The van der Waals surface area contributed by atoms with E-state index in [0.29, 0.717) is 23.6 Å². The molecular formula is C15H13N5OS. The highest BCUT2D eigenvalue weighted by Gasteiger charge is 2.15. The van der Waals surface area contributed by atoms with Gasteiger partial charge in [0.2, 0.25) is 0 Å². The predicted octanol–water partition coefficient (Wildman–Crippen LogP) is 3.07. The zero-order valence-electron chi connectivity index (χ0n) is 11.8. The fraction of sp³-hybridized carbons (Fsp3) is 0.133. The first-order valence-corrected chi connectivity index (χ1v) is 7.47. The van der Waals surface area contributed by atoms with Crippen LogP contribution < -0.4 is 10.6 Å². The Bertz CT molecular complexity index is 773. The third kappa shape index (κ3) is 3.13. The number of anilines is 1. The van der Waals surface area contributed by atoms with Crippen molar-refractivity contribution >= 4 is 23.2 Å². The van der Waals surface area contributed by atoms with Gasteiger partial charge in [0.1, 0.15) is 29.5 Å². The molecule has 0 amide bonds. The van der Waals surface area contributed by atoms with Gasteiger partial charge >= 0.3 is 0 Å². The number of furan rings is 1. The van der Waals surface area contributed by atoms with Crippen LogP contribution in [0.2, 0.25) is 0 Å². The molecule has 0 aliphatic carbocycles. The van der Waals surface area contributed by atoms with Gasteiger partial charge in [-0.25, -0.2) is 9.97 Å². The largest absolute Gasteiger partial charge is 0.467 e. The monoisotopic (exact) mass is 311 g/mol. The molecule has 1 aliphatic heterocycles. The zero-order valence-corrected chi connectivity index (χ0v) is 12.6. The van der Waals surface area contributed by atoms with Gasteiger partial charge in [0.05, 0.1) is 23.5 Å². The van der Waals surface area contributed by atoms with Crippen molar-refractivity contribution in [1.82, 2.24) is 15.3 Å². The summed E-state index contributed by atoms with van der Waals surface area (Å²) in [6, 6.07) is 7.67. The van der Waals surface area contributed by atoms with Crippen molar-refractivity contribution in [1.29, 1.82) is 5.26 Å². The highest BCUT2D eigenvalue weighted by atomic mass is 32.2. The second-order valence-corrected chi connectivity index (χ2v) is 5.46. The van der Waals surface area contributed by atoms with Crippen molar-refractivity contribution in [3.63, 3.8) is 0 Å². The van der Waals surface area contributed by atoms with E-state index < -0.39 is 0 Å². The maximum atomic E-state index is 9.42. The lowest BCUT2D eigenvalue weighted by molar-refractivity contribution is 0.518. The summed E-state index contributed by atoms with van der Waals surface area (Å²) in [5, 5.41) is 18.5. The molecule has 0 saturated heterocycles. The molecule has 2 aromatic rings. The minimum atomic E-state index is 0.501. The van der Waals surface area contributed by atoms with Crippen molar-refractivity contribution in [3.8, 4) is 6.07 Å². The fourth-order valence-corrected chi connectivity index (χ4v) is 2.75. The fourth-order valence-electron chi connectivity index (χ4n) is 1.91. The molecular weight excluding hydrogens is 298 g/mol. The average Bonchev–Trinajstić information content (AvgIpc) is 3.18. The Morgan fingerprint density at radius 1 is 1.50 bits per heavy atom. The Labute approximate surface area is 132 Å². The van der Waals surface area contributed by atoms with Crippen LogP contribution in [0.1, 0.15) is 18.4 Å². The smallest absolute Gasteiger partial charge is 0.130 e. The number of aromatic nitrogens is 2. The molecule has 0 spiro atoms. The number of rotatable bonds is 4. The van der Waals surface area contributed by atoms with Crippen molar-refractivity contribution in [2.45, 2.75) is 13.5 Å². The highest BCUT2D eigenvalue weighted by Crippen LogP contribution is 2.30. The number of nitrogens with zero attached hydrogens (tertiary/aromatic N) is 3. The van der Waals surface area contributed by atoms with E-state index in [1.54, 1.807) is 12.3 Å². The SMILES string of the molecule is CC1=CSC(=C(C#N)c2cc(NCc3ccco3)ncn2)N1. The van der Waals surface area contributed by atoms with Crippen LogP contribution in [0.25, 0.3) is 5.57 Å². The minimum Gasteiger partial charge on any atom is -0.467 e. The second-order valence-electron chi connectivity index (χ2n) is 4.58. The van der Waals surface area contributed by atoms with Crippen molar-refractivity contribution in [2.24, 2.45) is 0 Å². The molecule has 0 radical (unpaired) electrons. The summed E-state index contributed by atoms with van der Waals surface area (Å²) in [5.74, 6) is 1.45. The Morgan fingerprint density at radius 3 is 3.09 bits per heavy atom. The number of hydrogen-bond acceptors (Lipinski definition) is 7. The second kappa shape index (κ2) is 6.37. The van der Waals surface area contributed by atoms with E-state index in [1.807, 2.05) is 24.5 Å². The molecule has 2 N–H and O–H groups in total. The number of thioether (sulfide) groups is 1. The lowest BCUT2D eigenvalue weighted by atomic mass is 10.2. The van der Waals surface area contributed by atoms with Gasteiger partial charge < -0.3 is 15.1 Å². The number of nitrogens with one attached hydrogen (secondary N) is 2. The molecule has 3 heterocycles. The molecule has 0 fully saturated rings. The molecule has 2 aromatic heterocycles. The molecule has 7 heteroatoms. The summed E-state index contributed by atoms with van der Waals surface area (Å²) < 4.78 is 5.26. The van der Waals surface area contributed by atoms with E-state index in [1.165, 1.54) is 18.1 Å². The Balaban J connectivity index is 1.80. The number of nitriles is 1. The lowest BCUT2D eigenvalue weighted by Gasteiger charge is -2.07. The van der Waals surface area contributed by atoms with Gasteiger partial charge in [-0.2, -0.15) is 5.26 Å². The number of hydrogen-bond donors (Lipinski definition) is 2. The molecule has 22 heavy (non-hydrogen) atoms. The van der Waals surface area contributed by atoms with E-state index in [0.717, 1.165) is 16.5 Å². The first kappa shape index (κ1) is 14.2. The van der Waals surface area contributed by atoms with Crippen LogP contribution >= 0.6 is 11.8 Å². The third-order valence-corrected chi connectivity index (χ3v) is 3.96. The van der Waals surface area contributed by atoms with E-state index in [-0.39, 0.29) is 0 Å². The normalized spacial score (nSPS) is 15.7. The van der Waals surface area contributed by atoms with Crippen LogP contribution in [-0.2, 0) is 6.54 Å². The van der Waals surface area contributed by atoms with Crippen molar-refractivity contribution in [3.05, 3.63) is 58.4 Å². The first-order chi connectivity index (χ1) is 10.8. The van der Waals surface area contributed by atoms with Crippen LogP contribution in [0.3, 0.4) is 0 Å². The quantitative estimate of drug-likeness (QED) is 0.839. The van der Waals surface area contributed by atoms with Gasteiger partial charge in [-0.15, -0.1) is 0 Å².